The van der Waals surface area contributed by atoms with E-state index in [4.69, 9.17) is 4.52 Å². The van der Waals surface area contributed by atoms with E-state index in [0.717, 1.165) is 34.4 Å². The molecule has 0 aliphatic heterocycles. The molecule has 0 aliphatic carbocycles. The Morgan fingerprint density at radius 1 is 0.947 bits per heavy atom. The Hall–Kier alpha value is -3.71. The van der Waals surface area contributed by atoms with Crippen molar-refractivity contribution in [1.29, 1.82) is 0 Å². The summed E-state index contributed by atoms with van der Waals surface area (Å²) in [7, 11) is -3.13. The summed E-state index contributed by atoms with van der Waals surface area (Å²) in [6, 6.07) is 28.0. The topological polar surface area (TPSA) is 89.3 Å². The van der Waals surface area contributed by atoms with E-state index in [0.29, 0.717) is 12.0 Å². The molecule has 1 heterocycles. The molecule has 3 aromatic carbocycles. The number of carbonyl (C=O) groups excluding carboxylic acids is 1. The van der Waals surface area contributed by atoms with Crippen LogP contribution in [0.2, 0.25) is 0 Å². The third-order valence-electron chi connectivity index (χ3n) is 6.54. The highest BCUT2D eigenvalue weighted by Crippen LogP contribution is 2.33. The first-order chi connectivity index (χ1) is 18.0. The van der Waals surface area contributed by atoms with Crippen LogP contribution in [0.25, 0.3) is 11.3 Å². The maximum absolute atomic E-state index is 12.4. The molecule has 4 aromatic rings. The first-order valence-corrected chi connectivity index (χ1v) is 14.7. The van der Waals surface area contributed by atoms with Gasteiger partial charge in [-0.15, -0.1) is 0 Å². The second-order valence-electron chi connectivity index (χ2n) is 10.7. The van der Waals surface area contributed by atoms with Crippen LogP contribution in [0.1, 0.15) is 59.4 Å². The van der Waals surface area contributed by atoms with Gasteiger partial charge in [-0.1, -0.05) is 92.7 Å². The molecule has 4 rings (SSSR count). The average molecular weight is 531 g/mol. The summed E-state index contributed by atoms with van der Waals surface area (Å²) in [6.45, 7) is 6.67. The Morgan fingerprint density at radius 2 is 1.61 bits per heavy atom. The molecular formula is C31H34N2O4S. The summed E-state index contributed by atoms with van der Waals surface area (Å²) >= 11 is 0. The highest BCUT2D eigenvalue weighted by Gasteiger charge is 2.22. The van der Waals surface area contributed by atoms with Gasteiger partial charge in [-0.2, -0.15) is 0 Å². The summed E-state index contributed by atoms with van der Waals surface area (Å²) in [5, 5.41) is 7.11. The zero-order valence-electron chi connectivity index (χ0n) is 22.3. The molecule has 1 amide bonds. The highest BCUT2D eigenvalue weighted by atomic mass is 32.2. The zero-order valence-corrected chi connectivity index (χ0v) is 23.1. The van der Waals surface area contributed by atoms with Crippen LogP contribution in [0.5, 0.6) is 0 Å². The van der Waals surface area contributed by atoms with Gasteiger partial charge in [0.15, 0.2) is 5.76 Å². The molecule has 0 saturated carbocycles. The van der Waals surface area contributed by atoms with Crippen molar-refractivity contribution in [2.45, 2.75) is 38.5 Å². The standard InChI is InChI=1S/C31H34N2O4S/c1-31(2,3)26-16-14-23(15-17-26)27(28-21-29(37-33-28)24-8-6-5-7-9-24)20-22-10-12-25(13-11-22)30(34)32-18-19-38(4,35)36/h5-17,21,27H,18-20H2,1-4H3,(H,32,34). The summed E-state index contributed by atoms with van der Waals surface area (Å²) in [5.41, 5.74) is 5.80. The number of benzene rings is 3. The fourth-order valence-electron chi connectivity index (χ4n) is 4.28. The van der Waals surface area contributed by atoms with Gasteiger partial charge in [-0.3, -0.25) is 4.79 Å². The van der Waals surface area contributed by atoms with E-state index in [1.807, 2.05) is 48.5 Å². The maximum atomic E-state index is 12.4. The van der Waals surface area contributed by atoms with Gasteiger partial charge in [-0.25, -0.2) is 8.42 Å². The predicted octanol–water partition coefficient (Wildman–Crippen LogP) is 5.79. The van der Waals surface area contributed by atoms with Gasteiger partial charge in [-0.05, 0) is 40.7 Å². The number of hydrogen-bond donors (Lipinski definition) is 1. The van der Waals surface area contributed by atoms with E-state index in [1.165, 1.54) is 5.56 Å². The quantitative estimate of drug-likeness (QED) is 0.296. The van der Waals surface area contributed by atoms with E-state index in [2.05, 4.69) is 55.5 Å². The second-order valence-corrected chi connectivity index (χ2v) is 13.0. The van der Waals surface area contributed by atoms with Crippen molar-refractivity contribution in [2.24, 2.45) is 0 Å². The minimum absolute atomic E-state index is 0.0420. The highest BCUT2D eigenvalue weighted by molar-refractivity contribution is 7.90. The van der Waals surface area contributed by atoms with Gasteiger partial charge in [0.05, 0.1) is 11.4 Å². The van der Waals surface area contributed by atoms with E-state index in [-0.39, 0.29) is 29.5 Å². The van der Waals surface area contributed by atoms with Crippen molar-refractivity contribution in [3.05, 3.63) is 113 Å². The lowest BCUT2D eigenvalue weighted by Gasteiger charge is -2.21. The molecule has 7 heteroatoms. The van der Waals surface area contributed by atoms with Gasteiger partial charge in [0.25, 0.3) is 5.91 Å². The summed E-state index contributed by atoms with van der Waals surface area (Å²) in [6.07, 6.45) is 1.82. The number of nitrogens with one attached hydrogen (secondary N) is 1. The zero-order chi connectivity index (χ0) is 27.3. The number of amides is 1. The van der Waals surface area contributed by atoms with Gasteiger partial charge in [0.1, 0.15) is 9.84 Å². The number of sulfone groups is 1. The molecule has 198 valence electrons. The SMILES string of the molecule is CC(C)(C)c1ccc(C(Cc2ccc(C(=O)NCCS(C)(=O)=O)cc2)c2cc(-c3ccccc3)on2)cc1. The molecule has 0 saturated heterocycles. The smallest absolute Gasteiger partial charge is 0.251 e. The number of rotatable bonds is 9. The molecule has 0 radical (unpaired) electrons. The van der Waals surface area contributed by atoms with Crippen LogP contribution in [-0.2, 0) is 21.7 Å². The fraction of sp³-hybridized carbons (Fsp3) is 0.290. The Morgan fingerprint density at radius 3 is 2.21 bits per heavy atom. The van der Waals surface area contributed by atoms with Crippen LogP contribution in [0.15, 0.2) is 89.5 Å². The van der Waals surface area contributed by atoms with Crippen LogP contribution in [0.3, 0.4) is 0 Å². The van der Waals surface area contributed by atoms with Crippen molar-refractivity contribution in [1.82, 2.24) is 10.5 Å². The minimum Gasteiger partial charge on any atom is -0.356 e. The molecule has 1 N–H and O–H groups in total. The lowest BCUT2D eigenvalue weighted by Crippen LogP contribution is -2.28. The van der Waals surface area contributed by atoms with Crippen molar-refractivity contribution in [3.63, 3.8) is 0 Å². The van der Waals surface area contributed by atoms with Gasteiger partial charge < -0.3 is 9.84 Å². The largest absolute Gasteiger partial charge is 0.356 e. The number of aromatic nitrogens is 1. The summed E-state index contributed by atoms with van der Waals surface area (Å²) in [4.78, 5) is 12.4. The Bertz CT molecular complexity index is 1470. The first-order valence-electron chi connectivity index (χ1n) is 12.7. The molecule has 0 aliphatic rings. The third kappa shape index (κ3) is 7.19. The van der Waals surface area contributed by atoms with Gasteiger partial charge >= 0.3 is 0 Å². The van der Waals surface area contributed by atoms with Gasteiger partial charge in [0.2, 0.25) is 0 Å². The molecule has 0 spiro atoms. The van der Waals surface area contributed by atoms with E-state index in [9.17, 15) is 13.2 Å². The van der Waals surface area contributed by atoms with Crippen molar-refractivity contribution >= 4 is 15.7 Å². The average Bonchev–Trinajstić information content (AvgIpc) is 3.37. The van der Waals surface area contributed by atoms with Crippen LogP contribution in [0, 0.1) is 0 Å². The van der Waals surface area contributed by atoms with E-state index >= 15 is 0 Å². The van der Waals surface area contributed by atoms with Gasteiger partial charge in [0, 0.05) is 35.9 Å². The fourth-order valence-corrected chi connectivity index (χ4v) is 4.75. The minimum atomic E-state index is -3.13. The monoisotopic (exact) mass is 530 g/mol. The number of hydrogen-bond acceptors (Lipinski definition) is 5. The number of nitrogens with zero attached hydrogens (tertiary/aromatic N) is 1. The Balaban J connectivity index is 1.57. The molecule has 38 heavy (non-hydrogen) atoms. The molecular weight excluding hydrogens is 496 g/mol. The van der Waals surface area contributed by atoms with Crippen LogP contribution >= 0.6 is 0 Å². The van der Waals surface area contributed by atoms with Crippen LogP contribution < -0.4 is 5.32 Å². The molecule has 0 fully saturated rings. The second kappa shape index (κ2) is 11.4. The molecule has 1 aromatic heterocycles. The normalized spacial score (nSPS) is 12.7. The maximum Gasteiger partial charge on any atom is 0.251 e. The van der Waals surface area contributed by atoms with E-state index < -0.39 is 9.84 Å². The Labute approximate surface area is 225 Å². The number of carbonyl (C=O) groups is 1. The van der Waals surface area contributed by atoms with Crippen LogP contribution in [0.4, 0.5) is 0 Å². The Kier molecular flexibility index (Phi) is 8.17. The summed E-state index contributed by atoms with van der Waals surface area (Å²) in [5.74, 6) is 0.297. The lowest BCUT2D eigenvalue weighted by molar-refractivity contribution is 0.0956. The molecule has 6 nitrogen and oxygen atoms in total. The third-order valence-corrected chi connectivity index (χ3v) is 7.48. The summed E-state index contributed by atoms with van der Waals surface area (Å²) < 4.78 is 28.4. The lowest BCUT2D eigenvalue weighted by atomic mass is 9.83. The molecule has 0 bridgehead atoms. The molecule has 1 unspecified atom stereocenters. The van der Waals surface area contributed by atoms with E-state index in [1.54, 1.807) is 12.1 Å². The van der Waals surface area contributed by atoms with Crippen molar-refractivity contribution in [2.75, 3.05) is 18.6 Å². The first kappa shape index (κ1) is 27.3. The van der Waals surface area contributed by atoms with Crippen molar-refractivity contribution in [3.8, 4) is 11.3 Å². The van der Waals surface area contributed by atoms with Crippen molar-refractivity contribution < 1.29 is 17.7 Å². The van der Waals surface area contributed by atoms with Crippen LogP contribution in [-0.4, -0.2) is 38.0 Å². The molecule has 1 atom stereocenters. The predicted molar refractivity (Wildman–Crippen MR) is 151 cm³/mol.